The topological polar surface area (TPSA) is 74.6 Å². The second-order valence-electron chi connectivity index (χ2n) is 6.11. The van der Waals surface area contributed by atoms with Crippen molar-refractivity contribution < 1.29 is 19.8 Å². The number of hydrogen-bond acceptors (Lipinski definition) is 2. The Morgan fingerprint density at radius 3 is 1.21 bits per heavy atom. The fourth-order valence-corrected chi connectivity index (χ4v) is 3.63. The first-order chi connectivity index (χ1) is 11.4. The van der Waals surface area contributed by atoms with Gasteiger partial charge in [0.2, 0.25) is 0 Å². The predicted octanol–water partition coefficient (Wildman–Crippen LogP) is 3.09. The van der Waals surface area contributed by atoms with Gasteiger partial charge in [0, 0.05) is 11.8 Å². The first-order valence-electron chi connectivity index (χ1n) is 7.56. The lowest BCUT2D eigenvalue weighted by atomic mass is 9.52. The molecule has 2 N–H and O–H groups in total. The Labute approximate surface area is 140 Å². The molecular weight excluding hydrogens is 304 g/mol. The molecule has 0 bridgehead atoms. The second kappa shape index (κ2) is 6.11. The van der Waals surface area contributed by atoms with E-state index < -0.39 is 35.6 Å². The van der Waals surface area contributed by atoms with E-state index in [4.69, 9.17) is 13.8 Å². The quantitative estimate of drug-likeness (QED) is 0.908. The summed E-state index contributed by atoms with van der Waals surface area (Å²) in [5, 5.41) is 19.3. The van der Waals surface area contributed by atoms with E-state index in [1.807, 2.05) is 0 Å². The van der Waals surface area contributed by atoms with Gasteiger partial charge >= 0.3 is 11.9 Å². The van der Waals surface area contributed by atoms with Gasteiger partial charge < -0.3 is 10.2 Å². The van der Waals surface area contributed by atoms with Crippen molar-refractivity contribution in [2.24, 2.45) is 11.8 Å². The summed E-state index contributed by atoms with van der Waals surface area (Å²) in [5.74, 6) is -4.81. The molecule has 4 nitrogen and oxygen atoms in total. The van der Waals surface area contributed by atoms with Gasteiger partial charge in [0.05, 0.1) is 11.8 Å². The Morgan fingerprint density at radius 1 is 0.667 bits per heavy atom. The summed E-state index contributed by atoms with van der Waals surface area (Å²) >= 11 is 0. The highest BCUT2D eigenvalue weighted by Crippen LogP contribution is 2.57. The number of benzene rings is 2. The number of rotatable bonds is 4. The lowest BCUT2D eigenvalue weighted by Crippen LogP contribution is -2.50. The summed E-state index contributed by atoms with van der Waals surface area (Å²) in [6.45, 7) is 11.3. The van der Waals surface area contributed by atoms with Gasteiger partial charge in [-0.3, -0.25) is 9.59 Å². The zero-order valence-corrected chi connectivity index (χ0v) is 12.8. The van der Waals surface area contributed by atoms with Crippen molar-refractivity contribution in [3.05, 3.63) is 84.6 Å². The van der Waals surface area contributed by atoms with Crippen LogP contribution >= 0.6 is 0 Å². The van der Waals surface area contributed by atoms with E-state index >= 15 is 0 Å². The Hall–Kier alpha value is -2.62. The third-order valence-corrected chi connectivity index (χ3v) is 4.76. The standard InChI is InChI=1S/C20H16O4/c1-11-3-7-13(8-4-11)15-17(19(21)22)16(18(15)20(23)24)14-9-5-12(2)6-10-14/h1-10,15-18H,(H,21,22)(H,23,24). The van der Waals surface area contributed by atoms with Crippen LogP contribution in [0, 0.1) is 25.7 Å². The van der Waals surface area contributed by atoms with Crippen LogP contribution in [0.1, 0.15) is 34.1 Å². The van der Waals surface area contributed by atoms with Gasteiger partial charge in [-0.1, -0.05) is 48.5 Å². The van der Waals surface area contributed by atoms with Gasteiger partial charge in [0.1, 0.15) is 0 Å². The fraction of sp³-hybridized carbons (Fsp3) is 0.200. The van der Waals surface area contributed by atoms with Crippen LogP contribution < -0.4 is 0 Å². The monoisotopic (exact) mass is 320 g/mol. The largest absolute Gasteiger partial charge is 0.481 e. The van der Waals surface area contributed by atoms with E-state index in [-0.39, 0.29) is 0 Å². The number of carboxylic acids is 2. The van der Waals surface area contributed by atoms with Gasteiger partial charge in [-0.15, -0.1) is 0 Å². The van der Waals surface area contributed by atoms with Crippen molar-refractivity contribution in [3.8, 4) is 0 Å². The molecule has 0 aliphatic heterocycles. The van der Waals surface area contributed by atoms with Crippen LogP contribution in [0.25, 0.3) is 0 Å². The Bertz CT molecular complexity index is 686. The van der Waals surface area contributed by atoms with Crippen LogP contribution in [0.15, 0.2) is 48.5 Å². The smallest absolute Gasteiger partial charge is 0.307 e. The molecule has 120 valence electrons. The van der Waals surface area contributed by atoms with E-state index in [1.165, 1.54) is 0 Å². The molecule has 0 heterocycles. The molecule has 3 rings (SSSR count). The van der Waals surface area contributed by atoms with E-state index in [0.29, 0.717) is 22.3 Å². The predicted molar refractivity (Wildman–Crippen MR) is 87.4 cm³/mol. The van der Waals surface area contributed by atoms with E-state index in [2.05, 4.69) is 0 Å². The van der Waals surface area contributed by atoms with Crippen LogP contribution in [0.5, 0.6) is 0 Å². The summed E-state index contributed by atoms with van der Waals surface area (Å²) in [6.07, 6.45) is 0. The molecule has 4 heteroatoms. The molecule has 0 aromatic heterocycles. The van der Waals surface area contributed by atoms with Crippen molar-refractivity contribution in [1.29, 1.82) is 0 Å². The molecule has 4 radical (unpaired) electrons. The maximum atomic E-state index is 11.8. The van der Waals surface area contributed by atoms with Crippen molar-refractivity contribution in [3.63, 3.8) is 0 Å². The lowest BCUT2D eigenvalue weighted by Gasteiger charge is -2.48. The molecule has 24 heavy (non-hydrogen) atoms. The van der Waals surface area contributed by atoms with Gasteiger partial charge in [-0.25, -0.2) is 0 Å². The Balaban J connectivity index is 2.03. The van der Waals surface area contributed by atoms with Gasteiger partial charge in [0.25, 0.3) is 0 Å². The summed E-state index contributed by atoms with van der Waals surface area (Å²) < 4.78 is 0. The molecule has 0 atom stereocenters. The lowest BCUT2D eigenvalue weighted by molar-refractivity contribution is -0.159. The van der Waals surface area contributed by atoms with Crippen LogP contribution in [0.4, 0.5) is 0 Å². The molecule has 1 aliphatic carbocycles. The van der Waals surface area contributed by atoms with Crippen LogP contribution in [0.3, 0.4) is 0 Å². The minimum atomic E-state index is -1.00. The van der Waals surface area contributed by atoms with Gasteiger partial charge in [0.15, 0.2) is 0 Å². The van der Waals surface area contributed by atoms with Gasteiger partial charge in [-0.05, 0) is 36.1 Å². The minimum absolute atomic E-state index is 0.548. The molecule has 0 amide bonds. The first-order valence-corrected chi connectivity index (χ1v) is 7.56. The van der Waals surface area contributed by atoms with Crippen molar-refractivity contribution in [2.45, 2.75) is 11.8 Å². The number of aliphatic carboxylic acids is 2. The first kappa shape index (κ1) is 16.2. The Kier molecular flexibility index (Phi) is 4.14. The van der Waals surface area contributed by atoms with Crippen LogP contribution in [-0.4, -0.2) is 22.2 Å². The molecule has 1 saturated carbocycles. The van der Waals surface area contributed by atoms with Crippen LogP contribution in [0.2, 0.25) is 0 Å². The van der Waals surface area contributed by atoms with E-state index in [9.17, 15) is 19.8 Å². The van der Waals surface area contributed by atoms with Crippen LogP contribution in [-0.2, 0) is 9.59 Å². The summed E-state index contributed by atoms with van der Waals surface area (Å²) in [5.41, 5.74) is 2.45. The zero-order chi connectivity index (χ0) is 17.4. The van der Waals surface area contributed by atoms with Crippen molar-refractivity contribution >= 4 is 11.9 Å². The highest BCUT2D eigenvalue weighted by atomic mass is 16.4. The fourth-order valence-electron chi connectivity index (χ4n) is 3.63. The highest BCUT2D eigenvalue weighted by Gasteiger charge is 2.58. The Morgan fingerprint density at radius 2 is 0.958 bits per heavy atom. The average Bonchev–Trinajstić information content (AvgIpc) is 2.49. The second-order valence-corrected chi connectivity index (χ2v) is 6.11. The minimum Gasteiger partial charge on any atom is -0.481 e. The summed E-state index contributed by atoms with van der Waals surface area (Å²) in [6, 6.07) is 13.4. The third-order valence-electron chi connectivity index (χ3n) is 4.76. The zero-order valence-electron chi connectivity index (χ0n) is 12.8. The molecule has 0 unspecified atom stereocenters. The SMILES string of the molecule is [CH]c1ccc(C2C(C(=O)O)C(c3ccc([CH])cc3)C2C(=O)O)cc1. The molecule has 0 spiro atoms. The van der Waals surface area contributed by atoms with Crippen molar-refractivity contribution in [1.82, 2.24) is 0 Å². The molecule has 2 aromatic rings. The maximum Gasteiger partial charge on any atom is 0.307 e. The van der Waals surface area contributed by atoms with E-state index in [0.717, 1.165) is 0 Å². The third kappa shape index (κ3) is 2.68. The maximum absolute atomic E-state index is 11.8. The molecule has 0 saturated heterocycles. The highest BCUT2D eigenvalue weighted by molar-refractivity contribution is 5.83. The van der Waals surface area contributed by atoms with Gasteiger partial charge in [-0.2, -0.15) is 0 Å². The average molecular weight is 320 g/mol. The molecule has 2 aromatic carbocycles. The number of carbonyl (C=O) groups is 2. The summed E-state index contributed by atoms with van der Waals surface area (Å²) in [7, 11) is 0. The molecule has 1 aliphatic rings. The normalized spacial score (nSPS) is 25.8. The molecule has 1 fully saturated rings. The van der Waals surface area contributed by atoms with Crippen molar-refractivity contribution in [2.75, 3.05) is 0 Å². The molecular formula is C20H16O4. The summed E-state index contributed by atoms with van der Waals surface area (Å²) in [4.78, 5) is 23.6. The number of hydrogen-bond donors (Lipinski definition) is 2. The van der Waals surface area contributed by atoms with E-state index in [1.54, 1.807) is 48.5 Å². The number of carboxylic acid groups (broad SMARTS) is 2.